The second-order valence-corrected chi connectivity index (χ2v) is 9.12. The number of benzene rings is 3. The van der Waals surface area contributed by atoms with Crippen molar-refractivity contribution in [2.45, 2.75) is 32.5 Å². The molecule has 1 atom stereocenters. The van der Waals surface area contributed by atoms with Crippen molar-refractivity contribution in [2.24, 2.45) is 5.92 Å². The van der Waals surface area contributed by atoms with E-state index in [4.69, 9.17) is 9.84 Å². The maximum Gasteiger partial charge on any atom is 0.416 e. The number of carbonyl (C=O) groups is 2. The molecule has 0 radical (unpaired) electrons. The van der Waals surface area contributed by atoms with E-state index in [1.54, 1.807) is 24.3 Å². The molecule has 0 aliphatic heterocycles. The van der Waals surface area contributed by atoms with Crippen LogP contribution in [0.3, 0.4) is 0 Å². The number of alkyl halides is 3. The molecule has 6 nitrogen and oxygen atoms in total. The number of carboxylic acids is 1. The number of carbonyl (C=O) groups excluding carboxylic acids is 1. The zero-order valence-electron chi connectivity index (χ0n) is 21.1. The first-order chi connectivity index (χ1) is 18.3. The van der Waals surface area contributed by atoms with Crippen LogP contribution in [0.15, 0.2) is 60.7 Å². The summed E-state index contributed by atoms with van der Waals surface area (Å²) < 4.78 is 73.5. The fourth-order valence-corrected chi connectivity index (χ4v) is 3.64. The summed E-state index contributed by atoms with van der Waals surface area (Å²) in [5.74, 6) is -3.42. The molecule has 0 spiro atoms. The summed E-state index contributed by atoms with van der Waals surface area (Å²) in [7, 11) is 0. The largest absolute Gasteiger partial charge is 0.491 e. The first kappa shape index (κ1) is 29.4. The molecule has 39 heavy (non-hydrogen) atoms. The van der Waals surface area contributed by atoms with E-state index in [2.05, 4.69) is 10.6 Å². The Balaban J connectivity index is 1.64. The fraction of sp³-hybridized carbons (Fsp3) is 0.286. The van der Waals surface area contributed by atoms with Crippen LogP contribution in [0, 0.1) is 17.6 Å². The van der Waals surface area contributed by atoms with E-state index < -0.39 is 40.8 Å². The Morgan fingerprint density at radius 1 is 0.949 bits per heavy atom. The summed E-state index contributed by atoms with van der Waals surface area (Å²) in [5.41, 5.74) is -0.406. The Bertz CT molecular complexity index is 1270. The minimum atomic E-state index is -4.56. The standard InChI is InChI=1S/C28H27F5N2O4/c1-16(2)24(35-20-9-5-18(6-10-20)27(38)34-12-11-25(36)37)15-39-21-13-22(29)26(23(30)14-21)17-3-7-19(8-4-17)28(31,32)33/h3-10,13-14,16,24,35H,11-12,15H2,1-2H3,(H,34,38)(H,36,37). The molecule has 0 aliphatic rings. The lowest BCUT2D eigenvalue weighted by atomic mass is 10.0. The van der Waals surface area contributed by atoms with Gasteiger partial charge in [-0.05, 0) is 47.9 Å². The number of ether oxygens (including phenoxy) is 1. The number of carboxylic acid groups (broad SMARTS) is 1. The Morgan fingerprint density at radius 3 is 2.05 bits per heavy atom. The van der Waals surface area contributed by atoms with Crippen molar-refractivity contribution in [2.75, 3.05) is 18.5 Å². The number of halogens is 5. The van der Waals surface area contributed by atoms with Gasteiger partial charge in [-0.25, -0.2) is 8.78 Å². The zero-order chi connectivity index (χ0) is 28.7. The molecule has 1 amide bonds. The highest BCUT2D eigenvalue weighted by Gasteiger charge is 2.30. The lowest BCUT2D eigenvalue weighted by Gasteiger charge is -2.24. The third-order valence-corrected chi connectivity index (χ3v) is 5.87. The predicted octanol–water partition coefficient (Wildman–Crippen LogP) is 6.37. The van der Waals surface area contributed by atoms with Gasteiger partial charge in [-0.2, -0.15) is 13.2 Å². The van der Waals surface area contributed by atoms with Gasteiger partial charge in [-0.15, -0.1) is 0 Å². The first-order valence-electron chi connectivity index (χ1n) is 12.0. The number of amides is 1. The van der Waals surface area contributed by atoms with Crippen LogP contribution >= 0.6 is 0 Å². The molecule has 0 saturated carbocycles. The van der Waals surface area contributed by atoms with E-state index in [-0.39, 0.29) is 42.8 Å². The number of rotatable bonds is 11. The van der Waals surface area contributed by atoms with E-state index >= 15 is 0 Å². The molecule has 0 aromatic heterocycles. The Morgan fingerprint density at radius 2 is 1.54 bits per heavy atom. The first-order valence-corrected chi connectivity index (χ1v) is 12.0. The zero-order valence-corrected chi connectivity index (χ0v) is 21.1. The van der Waals surface area contributed by atoms with Crippen LogP contribution in [-0.4, -0.2) is 36.2 Å². The number of hydrogen-bond donors (Lipinski definition) is 3. The third kappa shape index (κ3) is 8.17. The second-order valence-electron chi connectivity index (χ2n) is 9.12. The van der Waals surface area contributed by atoms with Crippen molar-refractivity contribution in [3.05, 3.63) is 83.4 Å². The highest BCUT2D eigenvalue weighted by atomic mass is 19.4. The summed E-state index contributed by atoms with van der Waals surface area (Å²) in [6, 6.07) is 11.7. The van der Waals surface area contributed by atoms with Crippen molar-refractivity contribution >= 4 is 17.6 Å². The van der Waals surface area contributed by atoms with Gasteiger partial charge in [0.1, 0.15) is 24.0 Å². The van der Waals surface area contributed by atoms with Gasteiger partial charge in [0.25, 0.3) is 5.91 Å². The van der Waals surface area contributed by atoms with Crippen LogP contribution in [0.1, 0.15) is 36.2 Å². The highest BCUT2D eigenvalue weighted by molar-refractivity contribution is 5.94. The number of hydrogen-bond acceptors (Lipinski definition) is 4. The van der Waals surface area contributed by atoms with Crippen molar-refractivity contribution < 1.29 is 41.4 Å². The maximum absolute atomic E-state index is 14.8. The molecule has 3 N–H and O–H groups in total. The van der Waals surface area contributed by atoms with Gasteiger partial charge in [-0.1, -0.05) is 26.0 Å². The van der Waals surface area contributed by atoms with Gasteiger partial charge in [0.05, 0.1) is 23.6 Å². The van der Waals surface area contributed by atoms with Crippen LogP contribution in [0.5, 0.6) is 5.75 Å². The molecular formula is C28H27F5N2O4. The molecule has 1 unspecified atom stereocenters. The molecule has 11 heteroatoms. The van der Waals surface area contributed by atoms with Gasteiger partial charge >= 0.3 is 12.1 Å². The van der Waals surface area contributed by atoms with E-state index in [9.17, 15) is 31.5 Å². The summed E-state index contributed by atoms with van der Waals surface area (Å²) in [4.78, 5) is 22.7. The predicted molar refractivity (Wildman–Crippen MR) is 136 cm³/mol. The Kier molecular flexibility index (Phi) is 9.50. The minimum absolute atomic E-state index is 0.00738. The number of anilines is 1. The molecular weight excluding hydrogens is 523 g/mol. The Hall–Kier alpha value is -4.15. The lowest BCUT2D eigenvalue weighted by Crippen LogP contribution is -2.32. The van der Waals surface area contributed by atoms with Crippen molar-refractivity contribution in [1.82, 2.24) is 5.32 Å². The average Bonchev–Trinajstić information content (AvgIpc) is 2.86. The normalized spacial score (nSPS) is 12.2. The van der Waals surface area contributed by atoms with Crippen LogP contribution in [0.2, 0.25) is 0 Å². The summed E-state index contributed by atoms with van der Waals surface area (Å²) in [5, 5.41) is 14.4. The quantitative estimate of drug-likeness (QED) is 0.242. The van der Waals surface area contributed by atoms with E-state index in [1.807, 2.05) is 13.8 Å². The van der Waals surface area contributed by atoms with E-state index in [0.29, 0.717) is 11.3 Å². The molecule has 0 saturated heterocycles. The molecule has 3 aromatic carbocycles. The SMILES string of the molecule is CC(C)C(COc1cc(F)c(-c2ccc(C(F)(F)F)cc2)c(F)c1)Nc1ccc(C(=O)NCCC(=O)O)cc1. The van der Waals surface area contributed by atoms with Gasteiger partial charge in [0.15, 0.2) is 0 Å². The second kappa shape index (κ2) is 12.6. The van der Waals surface area contributed by atoms with Crippen LogP contribution in [0.25, 0.3) is 11.1 Å². The number of nitrogens with one attached hydrogen (secondary N) is 2. The maximum atomic E-state index is 14.8. The molecule has 0 fully saturated rings. The minimum Gasteiger partial charge on any atom is -0.491 e. The van der Waals surface area contributed by atoms with Crippen LogP contribution < -0.4 is 15.4 Å². The van der Waals surface area contributed by atoms with Crippen LogP contribution in [-0.2, 0) is 11.0 Å². The van der Waals surface area contributed by atoms with E-state index in [1.165, 1.54) is 0 Å². The number of aliphatic carboxylic acids is 1. The smallest absolute Gasteiger partial charge is 0.416 e. The van der Waals surface area contributed by atoms with Gasteiger partial charge in [-0.3, -0.25) is 9.59 Å². The van der Waals surface area contributed by atoms with Crippen LogP contribution in [0.4, 0.5) is 27.6 Å². The molecule has 0 heterocycles. The topological polar surface area (TPSA) is 87.7 Å². The van der Waals surface area contributed by atoms with Gasteiger partial charge in [0.2, 0.25) is 0 Å². The van der Waals surface area contributed by atoms with Crippen molar-refractivity contribution in [1.29, 1.82) is 0 Å². The monoisotopic (exact) mass is 550 g/mol. The third-order valence-electron chi connectivity index (χ3n) is 5.87. The molecule has 3 aromatic rings. The summed E-state index contributed by atoms with van der Waals surface area (Å²) >= 11 is 0. The molecule has 0 aliphatic carbocycles. The van der Waals surface area contributed by atoms with Gasteiger partial charge < -0.3 is 20.5 Å². The fourth-order valence-electron chi connectivity index (χ4n) is 3.64. The molecule has 3 rings (SSSR count). The lowest BCUT2D eigenvalue weighted by molar-refractivity contribution is -0.138. The average molecular weight is 551 g/mol. The van der Waals surface area contributed by atoms with Crippen molar-refractivity contribution in [3.63, 3.8) is 0 Å². The van der Waals surface area contributed by atoms with Gasteiger partial charge in [0, 0.05) is 29.9 Å². The summed E-state index contributed by atoms with van der Waals surface area (Å²) in [6.45, 7) is 3.88. The van der Waals surface area contributed by atoms with Crippen molar-refractivity contribution in [3.8, 4) is 16.9 Å². The summed E-state index contributed by atoms with van der Waals surface area (Å²) in [6.07, 6.45) is -4.75. The van der Waals surface area contributed by atoms with E-state index in [0.717, 1.165) is 36.4 Å². The molecule has 0 bridgehead atoms. The Labute approximate surface area is 221 Å². The highest BCUT2D eigenvalue weighted by Crippen LogP contribution is 2.34. The molecule has 208 valence electrons.